The van der Waals surface area contributed by atoms with Gasteiger partial charge in [0.1, 0.15) is 5.82 Å². The predicted octanol–water partition coefficient (Wildman–Crippen LogP) is 3.83. The highest BCUT2D eigenvalue weighted by Crippen LogP contribution is 2.59. The lowest BCUT2D eigenvalue weighted by Gasteiger charge is -2.60. The lowest BCUT2D eigenvalue weighted by molar-refractivity contribution is -0.188. The van der Waals surface area contributed by atoms with Gasteiger partial charge in [-0.1, -0.05) is 12.1 Å². The Morgan fingerprint density at radius 3 is 2.21 bits per heavy atom. The maximum Gasteiger partial charge on any atom is 0.230 e. The van der Waals surface area contributed by atoms with Crippen molar-refractivity contribution in [3.05, 3.63) is 35.6 Å². The predicted molar refractivity (Wildman–Crippen MR) is 108 cm³/mol. The van der Waals surface area contributed by atoms with Crippen molar-refractivity contribution in [2.75, 3.05) is 26.9 Å². The van der Waals surface area contributed by atoms with E-state index >= 15 is 0 Å². The Bertz CT molecular complexity index is 728. The SMILES string of the molecule is COC1(CNC(=O)C2(c3ccc(F)cc3)CCOCC2)C2CC3CC(C2)CC1C3. The molecule has 158 valence electrons. The fraction of sp³-hybridized carbons (Fsp3) is 0.708. The van der Waals surface area contributed by atoms with Gasteiger partial charge in [0.05, 0.1) is 11.0 Å². The number of hydrogen-bond donors (Lipinski definition) is 1. The molecule has 1 N–H and O–H groups in total. The van der Waals surface area contributed by atoms with Gasteiger partial charge in [-0.15, -0.1) is 0 Å². The van der Waals surface area contributed by atoms with Gasteiger partial charge in [0, 0.05) is 26.9 Å². The van der Waals surface area contributed by atoms with Crippen molar-refractivity contribution in [1.82, 2.24) is 5.32 Å². The van der Waals surface area contributed by atoms with E-state index in [1.54, 1.807) is 12.1 Å². The Hall–Kier alpha value is -1.46. The molecule has 29 heavy (non-hydrogen) atoms. The van der Waals surface area contributed by atoms with Crippen molar-refractivity contribution < 1.29 is 18.7 Å². The van der Waals surface area contributed by atoms with Gasteiger partial charge < -0.3 is 14.8 Å². The molecule has 0 spiro atoms. The summed E-state index contributed by atoms with van der Waals surface area (Å²) in [5, 5.41) is 3.31. The van der Waals surface area contributed by atoms with E-state index in [0.29, 0.717) is 44.4 Å². The molecule has 5 fully saturated rings. The zero-order valence-electron chi connectivity index (χ0n) is 17.3. The van der Waals surface area contributed by atoms with Crippen LogP contribution in [0.15, 0.2) is 24.3 Å². The summed E-state index contributed by atoms with van der Waals surface area (Å²) in [4.78, 5) is 13.6. The van der Waals surface area contributed by atoms with Crippen molar-refractivity contribution in [3.63, 3.8) is 0 Å². The first-order valence-electron chi connectivity index (χ1n) is 11.2. The summed E-state index contributed by atoms with van der Waals surface area (Å²) in [7, 11) is 1.83. The monoisotopic (exact) mass is 401 g/mol. The Balaban J connectivity index is 1.37. The second kappa shape index (κ2) is 7.35. The van der Waals surface area contributed by atoms with Crippen molar-refractivity contribution in [1.29, 1.82) is 0 Å². The van der Waals surface area contributed by atoms with Crippen LogP contribution in [0.25, 0.3) is 0 Å². The molecule has 4 saturated carbocycles. The number of amides is 1. The van der Waals surface area contributed by atoms with Crippen LogP contribution in [0.4, 0.5) is 4.39 Å². The molecule has 0 aromatic heterocycles. The highest BCUT2D eigenvalue weighted by Gasteiger charge is 2.58. The van der Waals surface area contributed by atoms with Crippen LogP contribution >= 0.6 is 0 Å². The van der Waals surface area contributed by atoms with Gasteiger partial charge in [-0.05, 0) is 86.3 Å². The Kier molecular flexibility index (Phi) is 4.94. The minimum absolute atomic E-state index is 0.0395. The van der Waals surface area contributed by atoms with Crippen LogP contribution in [0.1, 0.15) is 50.5 Å². The second-order valence-electron chi connectivity index (χ2n) is 9.85. The van der Waals surface area contributed by atoms with Gasteiger partial charge in [-0.25, -0.2) is 4.39 Å². The van der Waals surface area contributed by atoms with E-state index in [4.69, 9.17) is 9.47 Å². The average molecular weight is 402 g/mol. The average Bonchev–Trinajstić information content (AvgIpc) is 2.74. The first kappa shape index (κ1) is 19.5. The van der Waals surface area contributed by atoms with Crippen LogP contribution in [0, 0.1) is 29.5 Å². The molecule has 0 radical (unpaired) electrons. The first-order valence-corrected chi connectivity index (χ1v) is 11.2. The first-order chi connectivity index (χ1) is 14.1. The lowest BCUT2D eigenvalue weighted by Crippen LogP contribution is -2.64. The zero-order chi connectivity index (χ0) is 20.1. The second-order valence-corrected chi connectivity index (χ2v) is 9.85. The lowest BCUT2D eigenvalue weighted by atomic mass is 9.49. The molecule has 1 aromatic rings. The number of nitrogens with one attached hydrogen (secondary N) is 1. The standard InChI is InChI=1S/C24H32FNO3/c1-28-24(19-11-16-10-17(13-19)14-20(24)12-16)15-26-22(27)23(6-8-29-9-7-23)18-2-4-21(25)5-3-18/h2-5,16-17,19-20H,6-15H2,1H3,(H,26,27). The van der Waals surface area contributed by atoms with E-state index < -0.39 is 5.41 Å². The van der Waals surface area contributed by atoms with E-state index in [-0.39, 0.29) is 17.3 Å². The third-order valence-corrected chi connectivity index (χ3v) is 8.60. The van der Waals surface area contributed by atoms with E-state index in [1.165, 1.54) is 44.2 Å². The molecule has 4 aliphatic carbocycles. The van der Waals surface area contributed by atoms with Crippen LogP contribution in [0.5, 0.6) is 0 Å². The zero-order valence-corrected chi connectivity index (χ0v) is 17.3. The summed E-state index contributed by atoms with van der Waals surface area (Å²) >= 11 is 0. The van der Waals surface area contributed by atoms with E-state index in [0.717, 1.165) is 17.4 Å². The molecule has 6 rings (SSSR count). The van der Waals surface area contributed by atoms with Crippen LogP contribution < -0.4 is 5.32 Å². The minimum Gasteiger partial charge on any atom is -0.381 e. The number of methoxy groups -OCH3 is 1. The maximum atomic E-state index is 13.6. The fourth-order valence-corrected chi connectivity index (χ4v) is 7.20. The van der Waals surface area contributed by atoms with E-state index in [2.05, 4.69) is 5.32 Å². The van der Waals surface area contributed by atoms with Crippen molar-refractivity contribution in [2.24, 2.45) is 23.7 Å². The summed E-state index contributed by atoms with van der Waals surface area (Å²) < 4.78 is 25.3. The molecule has 4 bridgehead atoms. The highest BCUT2D eigenvalue weighted by atomic mass is 19.1. The largest absolute Gasteiger partial charge is 0.381 e. The summed E-state index contributed by atoms with van der Waals surface area (Å²) in [5.41, 5.74) is 0.0154. The van der Waals surface area contributed by atoms with Gasteiger partial charge >= 0.3 is 0 Å². The van der Waals surface area contributed by atoms with Crippen LogP contribution in [0.3, 0.4) is 0 Å². The van der Waals surface area contributed by atoms with Gasteiger partial charge in [-0.2, -0.15) is 0 Å². The topological polar surface area (TPSA) is 47.6 Å². The number of benzene rings is 1. The third kappa shape index (κ3) is 3.12. The maximum absolute atomic E-state index is 13.6. The van der Waals surface area contributed by atoms with Crippen LogP contribution in [-0.2, 0) is 19.7 Å². The highest BCUT2D eigenvalue weighted by molar-refractivity contribution is 5.88. The Morgan fingerprint density at radius 2 is 1.66 bits per heavy atom. The Morgan fingerprint density at radius 1 is 1.07 bits per heavy atom. The summed E-state index contributed by atoms with van der Waals surface area (Å²) in [6.45, 7) is 1.69. The minimum atomic E-state index is -0.646. The number of carbonyl (C=O) groups is 1. The van der Waals surface area contributed by atoms with Crippen LogP contribution in [-0.4, -0.2) is 38.4 Å². The molecule has 1 saturated heterocycles. The molecule has 1 amide bonds. The van der Waals surface area contributed by atoms with Gasteiger partial charge in [0.2, 0.25) is 5.91 Å². The summed E-state index contributed by atoms with van der Waals surface area (Å²) in [6, 6.07) is 6.42. The Labute approximate surface area is 172 Å². The molecule has 1 aromatic carbocycles. The molecule has 5 aliphatic rings. The molecule has 1 heterocycles. The summed E-state index contributed by atoms with van der Waals surface area (Å²) in [5.74, 6) is 2.59. The molecule has 0 atom stereocenters. The molecular formula is C24H32FNO3. The van der Waals surface area contributed by atoms with E-state index in [1.807, 2.05) is 7.11 Å². The van der Waals surface area contributed by atoms with Crippen molar-refractivity contribution in [3.8, 4) is 0 Å². The van der Waals surface area contributed by atoms with Crippen LogP contribution in [0.2, 0.25) is 0 Å². The van der Waals surface area contributed by atoms with Gasteiger partial charge in [0.25, 0.3) is 0 Å². The van der Waals surface area contributed by atoms with Crippen molar-refractivity contribution in [2.45, 2.75) is 56.0 Å². The smallest absolute Gasteiger partial charge is 0.230 e. The van der Waals surface area contributed by atoms with Gasteiger partial charge in [-0.3, -0.25) is 4.79 Å². The molecule has 4 nitrogen and oxygen atoms in total. The summed E-state index contributed by atoms with van der Waals surface area (Å²) in [6.07, 6.45) is 7.62. The quantitative estimate of drug-likeness (QED) is 0.816. The third-order valence-electron chi connectivity index (χ3n) is 8.60. The number of halogens is 1. The molecule has 1 aliphatic heterocycles. The number of ether oxygens (including phenoxy) is 2. The van der Waals surface area contributed by atoms with Gasteiger partial charge in [0.15, 0.2) is 0 Å². The molecule has 0 unspecified atom stereocenters. The molecule has 5 heteroatoms. The number of hydrogen-bond acceptors (Lipinski definition) is 3. The van der Waals surface area contributed by atoms with Crippen molar-refractivity contribution >= 4 is 5.91 Å². The number of carbonyl (C=O) groups excluding carboxylic acids is 1. The molecular weight excluding hydrogens is 369 g/mol. The number of rotatable bonds is 5. The normalized spacial score (nSPS) is 37.4. The fourth-order valence-electron chi connectivity index (χ4n) is 7.20. The van der Waals surface area contributed by atoms with E-state index in [9.17, 15) is 9.18 Å².